The van der Waals surface area contributed by atoms with Crippen molar-refractivity contribution < 1.29 is 14.1 Å². The number of anilines is 1. The lowest BCUT2D eigenvalue weighted by Crippen LogP contribution is -2.13. The number of carbonyl (C=O) groups excluding carboxylic acids is 1. The first kappa shape index (κ1) is 15.3. The SMILES string of the molecule is COc1ccc(NC(=O)c2cc(C)nc3onc(C)c23)c(Cl)c1. The van der Waals surface area contributed by atoms with Gasteiger partial charge in [-0.25, -0.2) is 4.98 Å². The molecule has 0 aliphatic heterocycles. The fraction of sp³-hybridized carbons (Fsp3) is 0.188. The fourth-order valence-electron chi connectivity index (χ4n) is 2.31. The molecule has 2 aromatic heterocycles. The van der Waals surface area contributed by atoms with E-state index in [0.717, 1.165) is 0 Å². The largest absolute Gasteiger partial charge is 0.497 e. The maximum atomic E-state index is 12.6. The molecule has 0 fully saturated rings. The maximum absolute atomic E-state index is 12.6. The number of nitrogens with one attached hydrogen (secondary N) is 1. The Kier molecular flexibility index (Phi) is 3.92. The molecule has 3 aromatic rings. The predicted molar refractivity (Wildman–Crippen MR) is 87.2 cm³/mol. The zero-order valence-corrected chi connectivity index (χ0v) is 13.6. The van der Waals surface area contributed by atoms with Crippen LogP contribution in [0.25, 0.3) is 11.1 Å². The van der Waals surface area contributed by atoms with Crippen molar-refractivity contribution in [2.24, 2.45) is 0 Å². The van der Waals surface area contributed by atoms with E-state index in [9.17, 15) is 4.79 Å². The monoisotopic (exact) mass is 331 g/mol. The standard InChI is InChI=1S/C16H14ClN3O3/c1-8-6-11(14-9(2)20-23-16(14)18-8)15(21)19-13-5-4-10(22-3)7-12(13)17/h4-7H,1-3H3,(H,19,21). The van der Waals surface area contributed by atoms with Crippen molar-refractivity contribution in [2.45, 2.75) is 13.8 Å². The zero-order valence-electron chi connectivity index (χ0n) is 12.8. The molecule has 2 heterocycles. The van der Waals surface area contributed by atoms with Gasteiger partial charge in [0.1, 0.15) is 5.75 Å². The number of hydrogen-bond acceptors (Lipinski definition) is 5. The van der Waals surface area contributed by atoms with Crippen molar-refractivity contribution >= 4 is 34.3 Å². The molecule has 23 heavy (non-hydrogen) atoms. The summed E-state index contributed by atoms with van der Waals surface area (Å²) in [6, 6.07) is 6.73. The lowest BCUT2D eigenvalue weighted by Gasteiger charge is -2.09. The number of fused-ring (bicyclic) bond motifs is 1. The van der Waals surface area contributed by atoms with Crippen molar-refractivity contribution in [2.75, 3.05) is 12.4 Å². The number of methoxy groups -OCH3 is 1. The number of aryl methyl sites for hydroxylation is 2. The number of rotatable bonds is 3. The second-order valence-electron chi connectivity index (χ2n) is 5.06. The van der Waals surface area contributed by atoms with Crippen molar-refractivity contribution in [3.8, 4) is 5.75 Å². The van der Waals surface area contributed by atoms with Crippen LogP contribution in [0.2, 0.25) is 5.02 Å². The van der Waals surface area contributed by atoms with E-state index in [1.807, 2.05) is 0 Å². The van der Waals surface area contributed by atoms with Gasteiger partial charge in [-0.3, -0.25) is 4.79 Å². The highest BCUT2D eigenvalue weighted by Crippen LogP contribution is 2.28. The molecule has 1 N–H and O–H groups in total. The first-order chi connectivity index (χ1) is 11.0. The number of hydrogen-bond donors (Lipinski definition) is 1. The molecule has 0 saturated carbocycles. The van der Waals surface area contributed by atoms with Gasteiger partial charge in [0, 0.05) is 11.8 Å². The Labute approximate surface area is 137 Å². The number of halogens is 1. The number of carbonyl (C=O) groups is 1. The third-order valence-corrected chi connectivity index (χ3v) is 3.73. The van der Waals surface area contributed by atoms with E-state index in [4.69, 9.17) is 20.9 Å². The average Bonchev–Trinajstić information content (AvgIpc) is 2.89. The van der Waals surface area contributed by atoms with Gasteiger partial charge in [0.05, 0.1) is 34.5 Å². The Morgan fingerprint density at radius 3 is 2.78 bits per heavy atom. The van der Waals surface area contributed by atoms with Crippen LogP contribution in [-0.4, -0.2) is 23.2 Å². The van der Waals surface area contributed by atoms with Crippen LogP contribution in [0.3, 0.4) is 0 Å². The zero-order chi connectivity index (χ0) is 16.6. The number of nitrogens with zero attached hydrogens (tertiary/aromatic N) is 2. The van der Waals surface area contributed by atoms with Crippen LogP contribution in [0.5, 0.6) is 5.75 Å². The highest BCUT2D eigenvalue weighted by molar-refractivity contribution is 6.34. The highest BCUT2D eigenvalue weighted by Gasteiger charge is 2.18. The Morgan fingerprint density at radius 1 is 1.30 bits per heavy atom. The minimum absolute atomic E-state index is 0.307. The van der Waals surface area contributed by atoms with Crippen LogP contribution in [0.4, 0.5) is 5.69 Å². The molecular weight excluding hydrogens is 318 g/mol. The van der Waals surface area contributed by atoms with Crippen molar-refractivity contribution in [1.82, 2.24) is 10.1 Å². The van der Waals surface area contributed by atoms with Crippen molar-refractivity contribution in [1.29, 1.82) is 0 Å². The fourth-order valence-corrected chi connectivity index (χ4v) is 2.53. The minimum Gasteiger partial charge on any atom is -0.497 e. The third-order valence-electron chi connectivity index (χ3n) is 3.41. The average molecular weight is 332 g/mol. The number of ether oxygens (including phenoxy) is 1. The lowest BCUT2D eigenvalue weighted by molar-refractivity contribution is 0.102. The van der Waals surface area contributed by atoms with Gasteiger partial charge in [-0.15, -0.1) is 0 Å². The first-order valence-corrected chi connectivity index (χ1v) is 7.26. The topological polar surface area (TPSA) is 77.2 Å². The highest BCUT2D eigenvalue weighted by atomic mass is 35.5. The predicted octanol–water partition coefficient (Wildman–Crippen LogP) is 3.75. The molecule has 7 heteroatoms. The smallest absolute Gasteiger partial charge is 0.258 e. The van der Waals surface area contributed by atoms with E-state index in [1.54, 1.807) is 45.2 Å². The number of aromatic nitrogens is 2. The molecule has 1 amide bonds. The third kappa shape index (κ3) is 2.85. The molecule has 6 nitrogen and oxygen atoms in total. The molecular formula is C16H14ClN3O3. The lowest BCUT2D eigenvalue weighted by atomic mass is 10.1. The number of pyridine rings is 1. The molecule has 118 valence electrons. The summed E-state index contributed by atoms with van der Waals surface area (Å²) in [6.45, 7) is 3.55. The summed E-state index contributed by atoms with van der Waals surface area (Å²) in [6.07, 6.45) is 0. The van der Waals surface area contributed by atoms with E-state index in [2.05, 4.69) is 15.5 Å². The van der Waals surface area contributed by atoms with Crippen LogP contribution >= 0.6 is 11.6 Å². The van der Waals surface area contributed by atoms with Gasteiger partial charge in [0.2, 0.25) is 0 Å². The molecule has 1 aromatic carbocycles. The van der Waals surface area contributed by atoms with Crippen molar-refractivity contribution in [3.63, 3.8) is 0 Å². The van der Waals surface area contributed by atoms with Crippen LogP contribution in [0.15, 0.2) is 28.8 Å². The van der Waals surface area contributed by atoms with Crippen LogP contribution in [0.1, 0.15) is 21.7 Å². The molecule has 0 aliphatic rings. The summed E-state index contributed by atoms with van der Waals surface area (Å²) < 4.78 is 10.2. The molecule has 0 unspecified atom stereocenters. The van der Waals surface area contributed by atoms with E-state index >= 15 is 0 Å². The number of amides is 1. The summed E-state index contributed by atoms with van der Waals surface area (Å²) in [5.74, 6) is 0.309. The molecule has 0 spiro atoms. The normalized spacial score (nSPS) is 10.8. The Balaban J connectivity index is 2.00. The summed E-state index contributed by atoms with van der Waals surface area (Å²) in [5.41, 5.74) is 2.55. The summed E-state index contributed by atoms with van der Waals surface area (Å²) in [5, 5.41) is 7.64. The quantitative estimate of drug-likeness (QED) is 0.790. The van der Waals surface area contributed by atoms with E-state index in [0.29, 0.717) is 44.5 Å². The molecule has 0 bridgehead atoms. The van der Waals surface area contributed by atoms with Gasteiger partial charge in [-0.2, -0.15) is 0 Å². The Bertz CT molecular complexity index is 905. The van der Waals surface area contributed by atoms with E-state index < -0.39 is 0 Å². The van der Waals surface area contributed by atoms with Crippen LogP contribution in [0, 0.1) is 13.8 Å². The summed E-state index contributed by atoms with van der Waals surface area (Å²) >= 11 is 6.16. The molecule has 0 saturated heterocycles. The molecule has 3 rings (SSSR count). The van der Waals surface area contributed by atoms with Gasteiger partial charge in [-0.1, -0.05) is 16.8 Å². The summed E-state index contributed by atoms with van der Waals surface area (Å²) in [4.78, 5) is 16.9. The van der Waals surface area contributed by atoms with Crippen LogP contribution < -0.4 is 10.1 Å². The van der Waals surface area contributed by atoms with E-state index in [-0.39, 0.29) is 5.91 Å². The second-order valence-corrected chi connectivity index (χ2v) is 5.47. The van der Waals surface area contributed by atoms with Gasteiger partial charge < -0.3 is 14.6 Å². The Morgan fingerprint density at radius 2 is 2.09 bits per heavy atom. The van der Waals surface area contributed by atoms with Crippen molar-refractivity contribution in [3.05, 3.63) is 46.2 Å². The molecule has 0 aliphatic carbocycles. The van der Waals surface area contributed by atoms with Gasteiger partial charge >= 0.3 is 0 Å². The van der Waals surface area contributed by atoms with Gasteiger partial charge in [0.25, 0.3) is 11.6 Å². The first-order valence-electron chi connectivity index (χ1n) is 6.88. The minimum atomic E-state index is -0.307. The maximum Gasteiger partial charge on any atom is 0.258 e. The number of benzene rings is 1. The second kappa shape index (κ2) is 5.89. The van der Waals surface area contributed by atoms with Gasteiger partial charge in [-0.05, 0) is 32.0 Å². The summed E-state index contributed by atoms with van der Waals surface area (Å²) in [7, 11) is 1.55. The van der Waals surface area contributed by atoms with Crippen LogP contribution in [-0.2, 0) is 0 Å². The molecule has 0 radical (unpaired) electrons. The van der Waals surface area contributed by atoms with E-state index in [1.165, 1.54) is 0 Å². The molecule has 0 atom stereocenters. The van der Waals surface area contributed by atoms with Gasteiger partial charge in [0.15, 0.2) is 0 Å². The Hall–Kier alpha value is -2.60.